The summed E-state index contributed by atoms with van der Waals surface area (Å²) >= 11 is 0. The first-order valence-corrected chi connectivity index (χ1v) is 2.70. The molecule has 0 fully saturated rings. The normalized spacial score (nSPS) is 16.8. The lowest BCUT2D eigenvalue weighted by Crippen LogP contribution is -2.28. The zero-order valence-corrected chi connectivity index (χ0v) is 5.45. The van der Waals surface area contributed by atoms with E-state index in [1.165, 1.54) is 13.2 Å². The lowest BCUT2D eigenvalue weighted by atomic mass is 10.2. The van der Waals surface area contributed by atoms with Crippen LogP contribution >= 0.6 is 0 Å². The predicted octanol–water partition coefficient (Wildman–Crippen LogP) is -0.459. The van der Waals surface area contributed by atoms with Crippen molar-refractivity contribution in [3.8, 4) is 0 Å². The van der Waals surface area contributed by atoms with Crippen molar-refractivity contribution in [2.24, 2.45) is 0 Å². The van der Waals surface area contributed by atoms with E-state index in [1.807, 2.05) is 0 Å². The number of aliphatic hydroxyl groups excluding tert-OH is 2. The molecule has 0 saturated carbocycles. The van der Waals surface area contributed by atoms with Crippen LogP contribution in [0.15, 0.2) is 12.7 Å². The maximum Gasteiger partial charge on any atom is 0.107 e. The summed E-state index contributed by atoms with van der Waals surface area (Å²) in [7, 11) is 1.45. The second-order valence-corrected chi connectivity index (χ2v) is 1.69. The summed E-state index contributed by atoms with van der Waals surface area (Å²) in [5.74, 6) is 0. The van der Waals surface area contributed by atoms with Gasteiger partial charge in [-0.15, -0.1) is 6.58 Å². The standard InChI is InChI=1S/C6H12O3/c1-3-6(9-2)5(8)4-7/h3,5-8H,1,4H2,2H3/t5-,6-/m0/s1. The molecule has 0 aliphatic carbocycles. The zero-order chi connectivity index (χ0) is 7.28. The van der Waals surface area contributed by atoms with Gasteiger partial charge >= 0.3 is 0 Å². The smallest absolute Gasteiger partial charge is 0.107 e. The number of aliphatic hydroxyl groups is 2. The van der Waals surface area contributed by atoms with E-state index in [0.29, 0.717) is 0 Å². The Morgan fingerprint density at radius 2 is 2.33 bits per heavy atom. The molecule has 3 nitrogen and oxygen atoms in total. The van der Waals surface area contributed by atoms with E-state index in [1.54, 1.807) is 0 Å². The molecule has 0 aliphatic rings. The van der Waals surface area contributed by atoms with Gasteiger partial charge in [-0.25, -0.2) is 0 Å². The molecule has 2 N–H and O–H groups in total. The summed E-state index contributed by atoms with van der Waals surface area (Å²) in [6, 6.07) is 0. The third kappa shape index (κ3) is 2.60. The Morgan fingerprint density at radius 3 is 2.44 bits per heavy atom. The quantitative estimate of drug-likeness (QED) is 0.509. The molecule has 0 amide bonds. The fourth-order valence-corrected chi connectivity index (χ4v) is 0.514. The molecule has 0 spiro atoms. The summed E-state index contributed by atoms with van der Waals surface area (Å²) in [5.41, 5.74) is 0. The van der Waals surface area contributed by atoms with Crippen LogP contribution in [0.2, 0.25) is 0 Å². The van der Waals surface area contributed by atoms with Gasteiger partial charge in [-0.05, 0) is 0 Å². The van der Waals surface area contributed by atoms with Crippen molar-refractivity contribution in [1.82, 2.24) is 0 Å². The van der Waals surface area contributed by atoms with Gasteiger partial charge in [0, 0.05) is 7.11 Å². The third-order valence-corrected chi connectivity index (χ3v) is 1.07. The van der Waals surface area contributed by atoms with Gasteiger partial charge in [0.05, 0.1) is 6.61 Å². The van der Waals surface area contributed by atoms with E-state index < -0.39 is 12.2 Å². The largest absolute Gasteiger partial charge is 0.394 e. The van der Waals surface area contributed by atoms with Crippen LogP contribution in [0.1, 0.15) is 0 Å². The van der Waals surface area contributed by atoms with Gasteiger partial charge in [0.1, 0.15) is 12.2 Å². The second kappa shape index (κ2) is 4.49. The molecular formula is C6H12O3. The highest BCUT2D eigenvalue weighted by atomic mass is 16.5. The molecule has 9 heavy (non-hydrogen) atoms. The van der Waals surface area contributed by atoms with Crippen LogP contribution in [0.3, 0.4) is 0 Å². The fourth-order valence-electron chi connectivity index (χ4n) is 0.514. The van der Waals surface area contributed by atoms with Crippen molar-refractivity contribution in [3.05, 3.63) is 12.7 Å². The number of rotatable bonds is 4. The Labute approximate surface area is 54.6 Å². The Morgan fingerprint density at radius 1 is 1.78 bits per heavy atom. The SMILES string of the molecule is C=C[C@H](OC)[C@@H](O)CO. The monoisotopic (exact) mass is 132 g/mol. The number of ether oxygens (including phenoxy) is 1. The summed E-state index contributed by atoms with van der Waals surface area (Å²) in [5, 5.41) is 17.3. The minimum atomic E-state index is -0.854. The highest BCUT2D eigenvalue weighted by Crippen LogP contribution is 1.97. The van der Waals surface area contributed by atoms with Gasteiger partial charge in [-0.2, -0.15) is 0 Å². The van der Waals surface area contributed by atoms with E-state index in [9.17, 15) is 0 Å². The van der Waals surface area contributed by atoms with Crippen LogP contribution < -0.4 is 0 Å². The first kappa shape index (κ1) is 8.62. The second-order valence-electron chi connectivity index (χ2n) is 1.69. The minimum Gasteiger partial charge on any atom is -0.394 e. The van der Waals surface area contributed by atoms with Crippen molar-refractivity contribution in [1.29, 1.82) is 0 Å². The van der Waals surface area contributed by atoms with Crippen molar-refractivity contribution < 1.29 is 14.9 Å². The van der Waals surface area contributed by atoms with E-state index in [4.69, 9.17) is 14.9 Å². The molecule has 0 radical (unpaired) electrons. The Bertz CT molecular complexity index is 82.4. The van der Waals surface area contributed by atoms with E-state index in [0.717, 1.165) is 0 Å². The van der Waals surface area contributed by atoms with Crippen molar-refractivity contribution >= 4 is 0 Å². The number of methoxy groups -OCH3 is 1. The lowest BCUT2D eigenvalue weighted by molar-refractivity contribution is -0.0130. The first-order chi connectivity index (χ1) is 4.26. The molecule has 0 saturated heterocycles. The molecule has 0 bridgehead atoms. The van der Waals surface area contributed by atoms with Crippen LogP contribution in [0.5, 0.6) is 0 Å². The molecule has 0 rings (SSSR count). The fraction of sp³-hybridized carbons (Fsp3) is 0.667. The maximum absolute atomic E-state index is 8.87. The number of hydrogen-bond donors (Lipinski definition) is 2. The third-order valence-electron chi connectivity index (χ3n) is 1.07. The van der Waals surface area contributed by atoms with E-state index in [-0.39, 0.29) is 6.61 Å². The molecule has 54 valence electrons. The Kier molecular flexibility index (Phi) is 4.30. The summed E-state index contributed by atoms with van der Waals surface area (Å²) < 4.78 is 4.72. The van der Waals surface area contributed by atoms with Gasteiger partial charge < -0.3 is 14.9 Å². The Balaban J connectivity index is 3.63. The molecule has 0 unspecified atom stereocenters. The minimum absolute atomic E-state index is 0.301. The van der Waals surface area contributed by atoms with Gasteiger partial charge in [-0.1, -0.05) is 6.08 Å². The number of hydrogen-bond acceptors (Lipinski definition) is 3. The molecule has 2 atom stereocenters. The molecule has 0 aromatic heterocycles. The molecule has 0 aromatic rings. The summed E-state index contributed by atoms with van der Waals surface area (Å²) in [6.07, 6.45) is 0.128. The molecular weight excluding hydrogens is 120 g/mol. The molecule has 3 heteroatoms. The van der Waals surface area contributed by atoms with Gasteiger partial charge in [0.25, 0.3) is 0 Å². The lowest BCUT2D eigenvalue weighted by Gasteiger charge is -2.14. The highest BCUT2D eigenvalue weighted by Gasteiger charge is 2.12. The van der Waals surface area contributed by atoms with Gasteiger partial charge in [-0.3, -0.25) is 0 Å². The van der Waals surface area contributed by atoms with Crippen LogP contribution in [-0.4, -0.2) is 36.1 Å². The van der Waals surface area contributed by atoms with Crippen LogP contribution in [0.25, 0.3) is 0 Å². The van der Waals surface area contributed by atoms with E-state index in [2.05, 4.69) is 6.58 Å². The van der Waals surface area contributed by atoms with Gasteiger partial charge in [0.15, 0.2) is 0 Å². The maximum atomic E-state index is 8.87. The average molecular weight is 132 g/mol. The van der Waals surface area contributed by atoms with Crippen LogP contribution in [0.4, 0.5) is 0 Å². The van der Waals surface area contributed by atoms with Crippen molar-refractivity contribution in [2.45, 2.75) is 12.2 Å². The molecule has 0 aliphatic heterocycles. The average Bonchev–Trinajstić information content (AvgIpc) is 1.90. The van der Waals surface area contributed by atoms with E-state index >= 15 is 0 Å². The van der Waals surface area contributed by atoms with Crippen molar-refractivity contribution in [2.75, 3.05) is 13.7 Å². The topological polar surface area (TPSA) is 49.7 Å². The summed E-state index contributed by atoms with van der Waals surface area (Å²) in [4.78, 5) is 0. The predicted molar refractivity (Wildman–Crippen MR) is 34.1 cm³/mol. The van der Waals surface area contributed by atoms with Gasteiger partial charge in [0.2, 0.25) is 0 Å². The van der Waals surface area contributed by atoms with Crippen molar-refractivity contribution in [3.63, 3.8) is 0 Å². The summed E-state index contributed by atoms with van der Waals surface area (Å²) in [6.45, 7) is 3.10. The first-order valence-electron chi connectivity index (χ1n) is 2.70. The van der Waals surface area contributed by atoms with Crippen LogP contribution in [0, 0.1) is 0 Å². The molecule has 0 heterocycles. The highest BCUT2D eigenvalue weighted by molar-refractivity contribution is 4.85. The van der Waals surface area contributed by atoms with Crippen LogP contribution in [-0.2, 0) is 4.74 Å². The molecule has 0 aromatic carbocycles. The zero-order valence-electron chi connectivity index (χ0n) is 5.45. The Hall–Kier alpha value is -0.380.